The van der Waals surface area contributed by atoms with Gasteiger partial charge in [0.25, 0.3) is 0 Å². The minimum absolute atomic E-state index is 0.345. The summed E-state index contributed by atoms with van der Waals surface area (Å²) in [6, 6.07) is 16.7. The van der Waals surface area contributed by atoms with Crippen LogP contribution in [0.25, 0.3) is 0 Å². The number of benzene rings is 2. The minimum atomic E-state index is 0.345. The fourth-order valence-electron chi connectivity index (χ4n) is 2.08. The first kappa shape index (κ1) is 13.9. The van der Waals surface area contributed by atoms with Crippen molar-refractivity contribution in [2.75, 3.05) is 12.4 Å². The zero-order valence-corrected chi connectivity index (χ0v) is 12.8. The summed E-state index contributed by atoms with van der Waals surface area (Å²) in [6.07, 6.45) is 0.931. The predicted molar refractivity (Wildman–Crippen MR) is 83.9 cm³/mol. The monoisotopic (exact) mass is 319 g/mol. The number of nitrogens with one attached hydrogen (secondary N) is 1. The molecule has 1 N–H and O–H groups in total. The number of halogens is 1. The van der Waals surface area contributed by atoms with Crippen molar-refractivity contribution in [3.63, 3.8) is 0 Å². The SMILES string of the molecule is COc1ccccc1CC(C)Nc1ccc(Br)cc1. The highest BCUT2D eigenvalue weighted by Gasteiger charge is 2.07. The van der Waals surface area contributed by atoms with E-state index in [9.17, 15) is 0 Å². The van der Waals surface area contributed by atoms with Crippen LogP contribution in [0.1, 0.15) is 12.5 Å². The lowest BCUT2D eigenvalue weighted by molar-refractivity contribution is 0.409. The van der Waals surface area contributed by atoms with Crippen LogP contribution in [-0.2, 0) is 6.42 Å². The molecule has 100 valence electrons. The fraction of sp³-hybridized carbons (Fsp3) is 0.250. The van der Waals surface area contributed by atoms with Gasteiger partial charge < -0.3 is 10.1 Å². The van der Waals surface area contributed by atoms with Gasteiger partial charge in [0.15, 0.2) is 0 Å². The zero-order chi connectivity index (χ0) is 13.7. The second-order valence-electron chi connectivity index (χ2n) is 4.57. The third kappa shape index (κ3) is 4.00. The molecule has 19 heavy (non-hydrogen) atoms. The molecule has 0 radical (unpaired) electrons. The number of para-hydroxylation sites is 1. The second-order valence-corrected chi connectivity index (χ2v) is 5.48. The Morgan fingerprint density at radius 1 is 1.11 bits per heavy atom. The molecule has 0 aliphatic heterocycles. The van der Waals surface area contributed by atoms with E-state index in [2.05, 4.69) is 46.4 Å². The van der Waals surface area contributed by atoms with Crippen LogP contribution < -0.4 is 10.1 Å². The van der Waals surface area contributed by atoms with Gasteiger partial charge in [0.05, 0.1) is 7.11 Å². The van der Waals surface area contributed by atoms with Crippen LogP contribution >= 0.6 is 15.9 Å². The van der Waals surface area contributed by atoms with E-state index in [-0.39, 0.29) is 0 Å². The average molecular weight is 320 g/mol. The average Bonchev–Trinajstić information content (AvgIpc) is 2.42. The highest BCUT2D eigenvalue weighted by atomic mass is 79.9. The highest BCUT2D eigenvalue weighted by Crippen LogP contribution is 2.21. The summed E-state index contributed by atoms with van der Waals surface area (Å²) >= 11 is 3.44. The molecule has 0 saturated carbocycles. The normalized spacial score (nSPS) is 11.9. The lowest BCUT2D eigenvalue weighted by Crippen LogP contribution is -2.18. The van der Waals surface area contributed by atoms with Gasteiger partial charge in [-0.3, -0.25) is 0 Å². The van der Waals surface area contributed by atoms with Crippen molar-refractivity contribution in [2.24, 2.45) is 0 Å². The second kappa shape index (κ2) is 6.62. The van der Waals surface area contributed by atoms with Gasteiger partial charge >= 0.3 is 0 Å². The Morgan fingerprint density at radius 2 is 1.79 bits per heavy atom. The Hall–Kier alpha value is -1.48. The molecule has 2 rings (SSSR count). The van der Waals surface area contributed by atoms with E-state index in [0.29, 0.717) is 6.04 Å². The van der Waals surface area contributed by atoms with Gasteiger partial charge in [-0.15, -0.1) is 0 Å². The molecular weight excluding hydrogens is 302 g/mol. The summed E-state index contributed by atoms with van der Waals surface area (Å²) in [7, 11) is 1.71. The highest BCUT2D eigenvalue weighted by molar-refractivity contribution is 9.10. The molecule has 0 spiro atoms. The molecule has 1 unspecified atom stereocenters. The molecule has 0 aliphatic carbocycles. The van der Waals surface area contributed by atoms with Crippen molar-refractivity contribution in [3.8, 4) is 5.75 Å². The number of rotatable bonds is 5. The van der Waals surface area contributed by atoms with Crippen molar-refractivity contribution in [2.45, 2.75) is 19.4 Å². The molecule has 0 aromatic heterocycles. The molecule has 2 aromatic carbocycles. The Morgan fingerprint density at radius 3 is 2.47 bits per heavy atom. The summed E-state index contributed by atoms with van der Waals surface area (Å²) in [5.74, 6) is 0.951. The van der Waals surface area contributed by atoms with Gasteiger partial charge in [-0.1, -0.05) is 34.1 Å². The van der Waals surface area contributed by atoms with E-state index < -0.39 is 0 Å². The Labute approximate surface area is 122 Å². The molecule has 0 amide bonds. The molecule has 1 atom stereocenters. The van der Waals surface area contributed by atoms with Crippen LogP contribution in [0.15, 0.2) is 53.0 Å². The molecular formula is C16H18BrNO. The molecule has 2 nitrogen and oxygen atoms in total. The van der Waals surface area contributed by atoms with Gasteiger partial charge in [-0.05, 0) is 49.2 Å². The van der Waals surface area contributed by atoms with Crippen molar-refractivity contribution >= 4 is 21.6 Å². The lowest BCUT2D eigenvalue weighted by atomic mass is 10.1. The minimum Gasteiger partial charge on any atom is -0.496 e. The number of methoxy groups -OCH3 is 1. The van der Waals surface area contributed by atoms with Crippen molar-refractivity contribution in [1.82, 2.24) is 0 Å². The van der Waals surface area contributed by atoms with Crippen molar-refractivity contribution < 1.29 is 4.74 Å². The fourth-order valence-corrected chi connectivity index (χ4v) is 2.35. The van der Waals surface area contributed by atoms with Crippen molar-refractivity contribution in [1.29, 1.82) is 0 Å². The largest absolute Gasteiger partial charge is 0.496 e. The van der Waals surface area contributed by atoms with Crippen LogP contribution in [0.2, 0.25) is 0 Å². The Bertz CT molecular complexity index is 525. The number of anilines is 1. The van der Waals surface area contributed by atoms with E-state index in [1.807, 2.05) is 30.3 Å². The Balaban J connectivity index is 2.01. The summed E-state index contributed by atoms with van der Waals surface area (Å²) in [5.41, 5.74) is 2.35. The summed E-state index contributed by atoms with van der Waals surface area (Å²) in [6.45, 7) is 2.18. The number of hydrogen-bond donors (Lipinski definition) is 1. The molecule has 0 saturated heterocycles. The smallest absolute Gasteiger partial charge is 0.122 e. The summed E-state index contributed by atoms with van der Waals surface area (Å²) in [5, 5.41) is 3.49. The van der Waals surface area contributed by atoms with Gasteiger partial charge in [-0.2, -0.15) is 0 Å². The molecule has 3 heteroatoms. The zero-order valence-electron chi connectivity index (χ0n) is 11.2. The van der Waals surface area contributed by atoms with E-state index >= 15 is 0 Å². The maximum absolute atomic E-state index is 5.38. The van der Waals surface area contributed by atoms with Crippen LogP contribution in [0.5, 0.6) is 5.75 Å². The van der Waals surface area contributed by atoms with Gasteiger partial charge in [-0.25, -0.2) is 0 Å². The first-order valence-corrected chi connectivity index (χ1v) is 7.12. The lowest BCUT2D eigenvalue weighted by Gasteiger charge is -2.17. The first-order chi connectivity index (χ1) is 9.19. The Kier molecular flexibility index (Phi) is 4.86. The van der Waals surface area contributed by atoms with Gasteiger partial charge in [0, 0.05) is 16.2 Å². The molecule has 0 fully saturated rings. The molecule has 2 aromatic rings. The van der Waals surface area contributed by atoms with Gasteiger partial charge in [0.2, 0.25) is 0 Å². The quantitative estimate of drug-likeness (QED) is 0.876. The summed E-state index contributed by atoms with van der Waals surface area (Å²) in [4.78, 5) is 0. The van der Waals surface area contributed by atoms with Crippen LogP contribution in [0.3, 0.4) is 0 Å². The van der Waals surface area contributed by atoms with Crippen LogP contribution in [-0.4, -0.2) is 13.2 Å². The number of hydrogen-bond acceptors (Lipinski definition) is 2. The van der Waals surface area contributed by atoms with E-state index in [0.717, 1.165) is 22.3 Å². The molecule has 0 bridgehead atoms. The van der Waals surface area contributed by atoms with Crippen LogP contribution in [0, 0.1) is 0 Å². The van der Waals surface area contributed by atoms with Crippen LogP contribution in [0.4, 0.5) is 5.69 Å². The third-order valence-electron chi connectivity index (χ3n) is 2.98. The van der Waals surface area contributed by atoms with E-state index in [1.165, 1.54) is 5.56 Å². The maximum atomic E-state index is 5.38. The third-order valence-corrected chi connectivity index (χ3v) is 3.50. The molecule has 0 aliphatic rings. The van der Waals surface area contributed by atoms with E-state index in [4.69, 9.17) is 4.74 Å². The topological polar surface area (TPSA) is 21.3 Å². The number of ether oxygens (including phenoxy) is 1. The van der Waals surface area contributed by atoms with Gasteiger partial charge in [0.1, 0.15) is 5.75 Å². The first-order valence-electron chi connectivity index (χ1n) is 6.33. The predicted octanol–water partition coefficient (Wildman–Crippen LogP) is 4.50. The van der Waals surface area contributed by atoms with E-state index in [1.54, 1.807) is 7.11 Å². The maximum Gasteiger partial charge on any atom is 0.122 e. The molecule has 0 heterocycles. The summed E-state index contributed by atoms with van der Waals surface area (Å²) < 4.78 is 6.47. The van der Waals surface area contributed by atoms with Crippen molar-refractivity contribution in [3.05, 3.63) is 58.6 Å². The standard InChI is InChI=1S/C16H18BrNO/c1-12(18-15-9-7-14(17)8-10-15)11-13-5-3-4-6-16(13)19-2/h3-10,12,18H,11H2,1-2H3.